The molecule has 0 radical (unpaired) electrons. The van der Waals surface area contributed by atoms with Crippen molar-refractivity contribution in [1.82, 2.24) is 10.2 Å². The van der Waals surface area contributed by atoms with E-state index in [1.165, 1.54) is 6.42 Å². The summed E-state index contributed by atoms with van der Waals surface area (Å²) in [4.78, 5) is 43.0. The second-order valence-electron chi connectivity index (χ2n) is 10.6. The van der Waals surface area contributed by atoms with Crippen LogP contribution in [-0.2, 0) is 19.1 Å². The number of nitrogens with zero attached hydrogens (tertiary/aromatic N) is 1. The van der Waals surface area contributed by atoms with E-state index in [0.29, 0.717) is 5.69 Å². The topological polar surface area (TPSA) is 87.7 Å². The Morgan fingerprint density at radius 1 is 0.941 bits per heavy atom. The molecule has 7 heteroatoms. The summed E-state index contributed by atoms with van der Waals surface area (Å²) in [5.41, 5.74) is -0.375. The van der Waals surface area contributed by atoms with Crippen LogP contribution >= 0.6 is 0 Å². The summed E-state index contributed by atoms with van der Waals surface area (Å²) in [7, 11) is 0. The molecule has 2 aliphatic carbocycles. The Labute approximate surface area is 200 Å². The van der Waals surface area contributed by atoms with E-state index in [9.17, 15) is 14.4 Å². The normalized spacial score (nSPS) is 35.1. The van der Waals surface area contributed by atoms with Gasteiger partial charge in [0.1, 0.15) is 11.6 Å². The van der Waals surface area contributed by atoms with Gasteiger partial charge in [0.25, 0.3) is 0 Å². The maximum absolute atomic E-state index is 14.0. The van der Waals surface area contributed by atoms with Crippen LogP contribution in [0.3, 0.4) is 0 Å². The summed E-state index contributed by atoms with van der Waals surface area (Å²) in [5, 5.41) is 6.23. The minimum Gasteiger partial charge on any atom is -0.359 e. The summed E-state index contributed by atoms with van der Waals surface area (Å²) in [6.07, 6.45) is 12.6. The van der Waals surface area contributed by atoms with Crippen LogP contribution in [0.1, 0.15) is 57.8 Å². The van der Waals surface area contributed by atoms with Crippen LogP contribution in [0.2, 0.25) is 0 Å². The molecule has 5 atom stereocenters. The predicted octanol–water partition coefficient (Wildman–Crippen LogP) is 3.17. The van der Waals surface area contributed by atoms with Gasteiger partial charge in [-0.3, -0.25) is 14.4 Å². The first-order valence-electron chi connectivity index (χ1n) is 12.9. The molecule has 1 spiro atoms. The number of para-hydroxylation sites is 1. The fourth-order valence-corrected chi connectivity index (χ4v) is 7.06. The molecular formula is C27H33N3O4. The fourth-order valence-electron chi connectivity index (χ4n) is 7.06. The zero-order valence-electron chi connectivity index (χ0n) is 19.4. The standard InChI is InChI=1S/C27H33N3O4/c31-24(28-17-9-3-1-4-10-17)21-20-15-16-27(34-20)22(21)26(33)30(19-13-7-8-14-19)23(27)25(32)29-18-11-5-2-6-12-18/h1,3-4,9-10,15-16,18-23H,2,5-8,11-14H2,(H,28,31)(H,29,32)/t20-,21+,22-,23+,27-/m0/s1. The molecule has 2 bridgehead atoms. The molecule has 1 aromatic carbocycles. The molecule has 2 N–H and O–H groups in total. The predicted molar refractivity (Wildman–Crippen MR) is 127 cm³/mol. The van der Waals surface area contributed by atoms with Gasteiger partial charge in [0.05, 0.1) is 17.9 Å². The van der Waals surface area contributed by atoms with Gasteiger partial charge in [-0.05, 0) is 37.8 Å². The van der Waals surface area contributed by atoms with Crippen LogP contribution in [0.4, 0.5) is 5.69 Å². The number of hydrogen-bond donors (Lipinski definition) is 2. The van der Waals surface area contributed by atoms with Crippen LogP contribution < -0.4 is 10.6 Å². The lowest BCUT2D eigenvalue weighted by molar-refractivity contribution is -0.144. The molecule has 1 aromatic rings. The fraction of sp³-hybridized carbons (Fsp3) is 0.593. The highest BCUT2D eigenvalue weighted by molar-refractivity contribution is 6.03. The van der Waals surface area contributed by atoms with E-state index in [-0.39, 0.29) is 29.8 Å². The first-order chi connectivity index (χ1) is 16.6. The number of rotatable bonds is 5. The zero-order chi connectivity index (χ0) is 23.3. The number of benzene rings is 1. The van der Waals surface area contributed by atoms with E-state index in [0.717, 1.165) is 51.4 Å². The third-order valence-corrected chi connectivity index (χ3v) is 8.57. The Balaban J connectivity index is 1.32. The van der Waals surface area contributed by atoms with Crippen LogP contribution in [0, 0.1) is 11.8 Å². The number of nitrogens with one attached hydrogen (secondary N) is 2. The summed E-state index contributed by atoms with van der Waals surface area (Å²) in [5.74, 6) is -1.76. The number of ether oxygens (including phenoxy) is 1. The molecule has 3 aliphatic heterocycles. The second-order valence-corrected chi connectivity index (χ2v) is 10.6. The van der Waals surface area contributed by atoms with Gasteiger partial charge in [-0.2, -0.15) is 0 Å². The maximum Gasteiger partial charge on any atom is 0.246 e. The van der Waals surface area contributed by atoms with Crippen molar-refractivity contribution in [2.75, 3.05) is 5.32 Å². The van der Waals surface area contributed by atoms with Gasteiger partial charge in [-0.25, -0.2) is 0 Å². The Kier molecular flexibility index (Phi) is 5.47. The second kappa shape index (κ2) is 8.52. The number of anilines is 1. The lowest BCUT2D eigenvalue weighted by Crippen LogP contribution is -2.58. The van der Waals surface area contributed by atoms with Crippen molar-refractivity contribution in [2.45, 2.75) is 87.6 Å². The number of carbonyl (C=O) groups excluding carboxylic acids is 3. The summed E-state index contributed by atoms with van der Waals surface area (Å²) < 4.78 is 6.44. The summed E-state index contributed by atoms with van der Waals surface area (Å²) >= 11 is 0. The van der Waals surface area contributed by atoms with Crippen molar-refractivity contribution in [2.24, 2.45) is 11.8 Å². The molecule has 7 nitrogen and oxygen atoms in total. The molecular weight excluding hydrogens is 430 g/mol. The minimum atomic E-state index is -1.07. The number of fused-ring (bicyclic) bond motifs is 1. The number of likely N-dealkylation sites (tertiary alicyclic amines) is 1. The van der Waals surface area contributed by atoms with Crippen LogP contribution in [0.5, 0.6) is 0 Å². The van der Waals surface area contributed by atoms with Crippen molar-refractivity contribution in [3.05, 3.63) is 42.5 Å². The Morgan fingerprint density at radius 3 is 2.38 bits per heavy atom. The van der Waals surface area contributed by atoms with Crippen molar-refractivity contribution >= 4 is 23.4 Å². The molecule has 5 aliphatic rings. The van der Waals surface area contributed by atoms with Gasteiger partial charge in [0, 0.05) is 17.8 Å². The molecule has 0 aromatic heterocycles. The molecule has 2 saturated heterocycles. The summed E-state index contributed by atoms with van der Waals surface area (Å²) in [6, 6.07) is 8.75. The maximum atomic E-state index is 14.0. The third kappa shape index (κ3) is 3.39. The van der Waals surface area contributed by atoms with E-state index >= 15 is 0 Å². The molecule has 2 saturated carbocycles. The molecule has 3 heterocycles. The smallest absolute Gasteiger partial charge is 0.246 e. The van der Waals surface area contributed by atoms with E-state index in [1.54, 1.807) is 0 Å². The summed E-state index contributed by atoms with van der Waals surface area (Å²) in [6.45, 7) is 0. The molecule has 34 heavy (non-hydrogen) atoms. The van der Waals surface area contributed by atoms with E-state index in [1.807, 2.05) is 47.4 Å². The van der Waals surface area contributed by atoms with Crippen LogP contribution in [-0.4, -0.2) is 52.5 Å². The Hall–Kier alpha value is -2.67. The third-order valence-electron chi connectivity index (χ3n) is 8.57. The monoisotopic (exact) mass is 463 g/mol. The van der Waals surface area contributed by atoms with Gasteiger partial charge < -0.3 is 20.3 Å². The van der Waals surface area contributed by atoms with Gasteiger partial charge in [0.2, 0.25) is 17.7 Å². The van der Waals surface area contributed by atoms with Crippen molar-refractivity contribution in [1.29, 1.82) is 0 Å². The highest BCUT2D eigenvalue weighted by Crippen LogP contribution is 2.56. The van der Waals surface area contributed by atoms with Crippen LogP contribution in [0.25, 0.3) is 0 Å². The first-order valence-corrected chi connectivity index (χ1v) is 12.9. The van der Waals surface area contributed by atoms with E-state index in [2.05, 4.69) is 10.6 Å². The average molecular weight is 464 g/mol. The van der Waals surface area contributed by atoms with Gasteiger partial charge in [-0.1, -0.05) is 62.5 Å². The number of hydrogen-bond acceptors (Lipinski definition) is 4. The van der Waals surface area contributed by atoms with Gasteiger partial charge >= 0.3 is 0 Å². The largest absolute Gasteiger partial charge is 0.359 e. The highest BCUT2D eigenvalue weighted by atomic mass is 16.5. The minimum absolute atomic E-state index is 0.0310. The van der Waals surface area contributed by atoms with E-state index < -0.39 is 29.6 Å². The highest BCUT2D eigenvalue weighted by Gasteiger charge is 2.73. The molecule has 0 unspecified atom stereocenters. The molecule has 3 amide bonds. The van der Waals surface area contributed by atoms with Crippen molar-refractivity contribution in [3.8, 4) is 0 Å². The quantitative estimate of drug-likeness (QED) is 0.657. The van der Waals surface area contributed by atoms with Gasteiger partial charge in [-0.15, -0.1) is 0 Å². The lowest BCUT2D eigenvalue weighted by atomic mass is 9.74. The molecule has 4 fully saturated rings. The number of carbonyl (C=O) groups is 3. The van der Waals surface area contributed by atoms with Crippen LogP contribution in [0.15, 0.2) is 42.5 Å². The van der Waals surface area contributed by atoms with E-state index in [4.69, 9.17) is 4.74 Å². The zero-order valence-corrected chi connectivity index (χ0v) is 19.4. The van der Waals surface area contributed by atoms with Gasteiger partial charge in [0.15, 0.2) is 0 Å². The molecule has 6 rings (SSSR count). The molecule has 180 valence electrons. The first kappa shape index (κ1) is 21.8. The average Bonchev–Trinajstić information content (AvgIpc) is 3.62. The van der Waals surface area contributed by atoms with Crippen molar-refractivity contribution in [3.63, 3.8) is 0 Å². The SMILES string of the molecule is O=C(Nc1ccccc1)[C@@H]1[C@@H]2C=C[C@]3(O2)[C@@H]1C(=O)N(C1CCCC1)[C@@H]3C(=O)NC1CCCCC1. The lowest BCUT2D eigenvalue weighted by Gasteiger charge is -2.36. The van der Waals surface area contributed by atoms with Crippen molar-refractivity contribution < 1.29 is 19.1 Å². The Bertz CT molecular complexity index is 998. The Morgan fingerprint density at radius 2 is 1.65 bits per heavy atom. The number of amides is 3.